The van der Waals surface area contributed by atoms with Crippen LogP contribution in [0.1, 0.15) is 49.3 Å². The van der Waals surface area contributed by atoms with Crippen LogP contribution in [0.2, 0.25) is 0 Å². The maximum absolute atomic E-state index is 14.1. The second-order valence-electron chi connectivity index (χ2n) is 11.0. The number of ether oxygens (including phenoxy) is 4. The molecule has 1 aliphatic carbocycles. The highest BCUT2D eigenvalue weighted by Gasteiger charge is 2.37. The first-order valence-electron chi connectivity index (χ1n) is 14.9. The Balaban J connectivity index is 1.43. The summed E-state index contributed by atoms with van der Waals surface area (Å²) >= 11 is 0. The molecule has 1 unspecified atom stereocenters. The van der Waals surface area contributed by atoms with E-state index in [2.05, 4.69) is 4.90 Å². The van der Waals surface area contributed by atoms with Gasteiger partial charge in [-0.25, -0.2) is 5.01 Å². The molecule has 3 aliphatic rings. The largest absolute Gasteiger partial charge is 0.497 e. The first kappa shape index (κ1) is 29.8. The van der Waals surface area contributed by atoms with Crippen LogP contribution in [-0.4, -0.2) is 99.6 Å². The van der Waals surface area contributed by atoms with Crippen molar-refractivity contribution < 1.29 is 28.5 Å². The van der Waals surface area contributed by atoms with E-state index in [-0.39, 0.29) is 24.3 Å². The van der Waals surface area contributed by atoms with Gasteiger partial charge >= 0.3 is 0 Å². The average Bonchev–Trinajstić information content (AvgIpc) is 3.74. The average molecular weight is 579 g/mol. The third-order valence-corrected chi connectivity index (χ3v) is 8.52. The Bertz CT molecular complexity index is 1250. The summed E-state index contributed by atoms with van der Waals surface area (Å²) < 4.78 is 22.0. The fourth-order valence-corrected chi connectivity index (χ4v) is 6.06. The number of morpholine rings is 1. The van der Waals surface area contributed by atoms with E-state index in [1.807, 2.05) is 42.5 Å². The monoisotopic (exact) mass is 578 g/mol. The van der Waals surface area contributed by atoms with Crippen molar-refractivity contribution in [2.75, 3.05) is 67.3 Å². The molecule has 1 saturated heterocycles. The second kappa shape index (κ2) is 14.0. The fraction of sp³-hybridized carbons (Fsp3) is 0.531. The number of benzene rings is 2. The minimum atomic E-state index is -0.415. The summed E-state index contributed by atoms with van der Waals surface area (Å²) in [5.74, 6) is 1.90. The molecular weight excluding hydrogens is 536 g/mol. The Labute approximate surface area is 248 Å². The van der Waals surface area contributed by atoms with Crippen molar-refractivity contribution in [3.05, 3.63) is 53.6 Å². The number of hydrogen-bond acceptors (Lipinski definition) is 8. The molecule has 2 fully saturated rings. The van der Waals surface area contributed by atoms with Crippen molar-refractivity contribution in [1.29, 1.82) is 0 Å². The number of methoxy groups -OCH3 is 3. The lowest BCUT2D eigenvalue weighted by Crippen LogP contribution is -2.48. The molecule has 0 spiro atoms. The van der Waals surface area contributed by atoms with Crippen molar-refractivity contribution in [2.45, 2.75) is 38.1 Å². The molecule has 42 heavy (non-hydrogen) atoms. The lowest BCUT2D eigenvalue weighted by atomic mass is 9.97. The molecule has 2 aromatic rings. The minimum absolute atomic E-state index is 0.0197. The molecule has 2 aromatic carbocycles. The number of nitrogens with zero attached hydrogens (tertiary/aromatic N) is 4. The second-order valence-corrected chi connectivity index (χ2v) is 11.0. The third kappa shape index (κ3) is 6.87. The van der Waals surface area contributed by atoms with Crippen LogP contribution in [0.15, 0.2) is 47.6 Å². The van der Waals surface area contributed by atoms with Crippen molar-refractivity contribution in [2.24, 2.45) is 11.0 Å². The molecule has 2 aliphatic heterocycles. The smallest absolute Gasteiger partial charge is 0.262 e. The zero-order valence-corrected chi connectivity index (χ0v) is 24.9. The molecule has 226 valence electrons. The molecule has 1 saturated carbocycles. The minimum Gasteiger partial charge on any atom is -0.497 e. The highest BCUT2D eigenvalue weighted by Crippen LogP contribution is 2.39. The van der Waals surface area contributed by atoms with Crippen LogP contribution in [0.5, 0.6) is 17.2 Å². The molecule has 1 atom stereocenters. The molecule has 0 radical (unpaired) electrons. The molecule has 10 heteroatoms. The van der Waals surface area contributed by atoms with Gasteiger partial charge in [-0.15, -0.1) is 0 Å². The van der Waals surface area contributed by atoms with Gasteiger partial charge in [-0.05, 0) is 60.9 Å². The highest BCUT2D eigenvalue weighted by atomic mass is 16.5. The summed E-state index contributed by atoms with van der Waals surface area (Å²) in [6.07, 6.45) is 4.37. The van der Waals surface area contributed by atoms with Crippen LogP contribution in [0.25, 0.3) is 0 Å². The molecule has 2 heterocycles. The number of rotatable bonds is 11. The van der Waals surface area contributed by atoms with E-state index in [0.29, 0.717) is 44.2 Å². The van der Waals surface area contributed by atoms with E-state index >= 15 is 0 Å². The van der Waals surface area contributed by atoms with Gasteiger partial charge in [0, 0.05) is 44.1 Å². The first-order valence-corrected chi connectivity index (χ1v) is 14.9. The van der Waals surface area contributed by atoms with Crippen molar-refractivity contribution in [3.63, 3.8) is 0 Å². The van der Waals surface area contributed by atoms with Gasteiger partial charge in [0.25, 0.3) is 5.91 Å². The third-order valence-electron chi connectivity index (χ3n) is 8.52. The van der Waals surface area contributed by atoms with E-state index in [9.17, 15) is 9.59 Å². The number of carbonyl (C=O) groups excluding carboxylic acids is 2. The highest BCUT2D eigenvalue weighted by molar-refractivity contribution is 6.03. The summed E-state index contributed by atoms with van der Waals surface area (Å²) in [6.45, 7) is 4.23. The Morgan fingerprint density at radius 2 is 1.64 bits per heavy atom. The number of hydrazone groups is 1. The fourth-order valence-electron chi connectivity index (χ4n) is 6.06. The molecule has 2 amide bonds. The van der Waals surface area contributed by atoms with Crippen molar-refractivity contribution >= 4 is 17.5 Å². The molecule has 10 nitrogen and oxygen atoms in total. The maximum atomic E-state index is 14.1. The van der Waals surface area contributed by atoms with E-state index in [4.69, 9.17) is 24.0 Å². The van der Waals surface area contributed by atoms with E-state index in [0.717, 1.165) is 61.4 Å². The van der Waals surface area contributed by atoms with Gasteiger partial charge in [-0.2, -0.15) is 5.10 Å². The van der Waals surface area contributed by atoms with Gasteiger partial charge in [0.05, 0.1) is 46.3 Å². The Hall–Kier alpha value is -3.63. The van der Waals surface area contributed by atoms with Crippen LogP contribution < -0.4 is 14.2 Å². The van der Waals surface area contributed by atoms with E-state index < -0.39 is 6.04 Å². The van der Waals surface area contributed by atoms with Gasteiger partial charge in [0.1, 0.15) is 23.8 Å². The van der Waals surface area contributed by atoms with Crippen LogP contribution in [0.3, 0.4) is 0 Å². The van der Waals surface area contributed by atoms with E-state index in [1.54, 1.807) is 31.2 Å². The van der Waals surface area contributed by atoms with Gasteiger partial charge in [0.2, 0.25) is 5.91 Å². The molecule has 0 bridgehead atoms. The quantitative estimate of drug-likeness (QED) is 0.401. The maximum Gasteiger partial charge on any atom is 0.262 e. The van der Waals surface area contributed by atoms with Crippen LogP contribution in [0.4, 0.5) is 0 Å². The first-order chi connectivity index (χ1) is 20.5. The van der Waals surface area contributed by atoms with Gasteiger partial charge < -0.3 is 23.8 Å². The predicted molar refractivity (Wildman–Crippen MR) is 159 cm³/mol. The molecule has 5 rings (SSSR count). The Kier molecular flexibility index (Phi) is 9.97. The van der Waals surface area contributed by atoms with Gasteiger partial charge in [-0.1, -0.05) is 12.8 Å². The predicted octanol–water partition coefficient (Wildman–Crippen LogP) is 3.74. The lowest BCUT2D eigenvalue weighted by Gasteiger charge is -2.32. The van der Waals surface area contributed by atoms with Crippen LogP contribution >= 0.6 is 0 Å². The van der Waals surface area contributed by atoms with E-state index in [1.165, 1.54) is 0 Å². The summed E-state index contributed by atoms with van der Waals surface area (Å²) in [4.78, 5) is 31.9. The normalized spacial score (nSPS) is 19.5. The molecule has 0 aromatic heterocycles. The SMILES string of the molecule is COc1ccc(C2=NN(C(=O)CN(CCN3CCOCC3)C(=O)C3CCCC3)C(c3cc(OC)ccc3OC)C2)cc1. The Morgan fingerprint density at radius 3 is 2.31 bits per heavy atom. The van der Waals surface area contributed by atoms with Crippen LogP contribution in [0, 0.1) is 5.92 Å². The number of amides is 2. The summed E-state index contributed by atoms with van der Waals surface area (Å²) in [5, 5.41) is 6.40. The van der Waals surface area contributed by atoms with Gasteiger partial charge in [0.15, 0.2) is 0 Å². The number of hydrogen-bond donors (Lipinski definition) is 0. The van der Waals surface area contributed by atoms with Crippen molar-refractivity contribution in [1.82, 2.24) is 14.8 Å². The molecular formula is C32H42N4O6. The van der Waals surface area contributed by atoms with Crippen LogP contribution in [-0.2, 0) is 14.3 Å². The lowest BCUT2D eigenvalue weighted by molar-refractivity contribution is -0.144. The summed E-state index contributed by atoms with van der Waals surface area (Å²) in [6, 6.07) is 12.8. The summed E-state index contributed by atoms with van der Waals surface area (Å²) in [5.41, 5.74) is 2.49. The standard InChI is InChI=1S/C32H42N4O6/c1-39-25-10-8-23(9-11-25)28-21-29(27-20-26(40-2)12-13-30(27)41-3)36(33-28)31(37)22-35(32(38)24-6-4-5-7-24)15-14-34-16-18-42-19-17-34/h8-13,20,24,29H,4-7,14-19,21-22H2,1-3H3. The van der Waals surface area contributed by atoms with Crippen molar-refractivity contribution in [3.8, 4) is 17.2 Å². The number of carbonyl (C=O) groups is 2. The molecule has 0 N–H and O–H groups in total. The zero-order valence-electron chi connectivity index (χ0n) is 24.9. The summed E-state index contributed by atoms with van der Waals surface area (Å²) in [7, 11) is 4.86. The topological polar surface area (TPSA) is 93.1 Å². The zero-order chi connectivity index (χ0) is 29.5. The van der Waals surface area contributed by atoms with Gasteiger partial charge in [-0.3, -0.25) is 14.5 Å². The Morgan fingerprint density at radius 1 is 0.952 bits per heavy atom.